The van der Waals surface area contributed by atoms with Crippen LogP contribution in [0.5, 0.6) is 0 Å². The van der Waals surface area contributed by atoms with Gasteiger partial charge in [0, 0.05) is 13.1 Å². The Labute approximate surface area is 127 Å². The predicted molar refractivity (Wildman–Crippen MR) is 85.6 cm³/mol. The van der Waals surface area contributed by atoms with E-state index in [1.165, 1.54) is 16.3 Å². The molecule has 2 rings (SSSR count). The number of hydrogen-bond donors (Lipinski definition) is 1. The lowest BCUT2D eigenvalue weighted by Crippen LogP contribution is -2.33. The highest BCUT2D eigenvalue weighted by molar-refractivity contribution is 7.99. The number of amides is 1. The molecule has 0 unspecified atom stereocenters. The van der Waals surface area contributed by atoms with Gasteiger partial charge in [-0.2, -0.15) is 0 Å². The monoisotopic (exact) mass is 305 g/mol. The third kappa shape index (κ3) is 3.64. The average Bonchev–Trinajstić information content (AvgIpc) is 2.49. The number of carbonyl (C=O) groups excluding carboxylic acids is 1. The van der Waals surface area contributed by atoms with Crippen molar-refractivity contribution in [2.45, 2.75) is 31.5 Å². The van der Waals surface area contributed by atoms with Crippen LogP contribution in [0, 0.1) is 0 Å². The lowest BCUT2D eigenvalue weighted by Gasteiger charge is -2.12. The molecule has 1 heterocycles. The zero-order chi connectivity index (χ0) is 15.4. The maximum Gasteiger partial charge on any atom is 0.261 e. The molecule has 6 heteroatoms. The van der Waals surface area contributed by atoms with E-state index in [0.717, 1.165) is 6.42 Å². The number of para-hydroxylation sites is 1. The van der Waals surface area contributed by atoms with Gasteiger partial charge in [0.05, 0.1) is 16.7 Å². The van der Waals surface area contributed by atoms with E-state index in [-0.39, 0.29) is 23.3 Å². The van der Waals surface area contributed by atoms with Crippen LogP contribution in [0.1, 0.15) is 20.3 Å². The molecule has 0 bridgehead atoms. The molecule has 0 radical (unpaired) electrons. The normalized spacial score (nSPS) is 12.3. The molecule has 21 heavy (non-hydrogen) atoms. The Hall–Kier alpha value is -1.82. The highest BCUT2D eigenvalue weighted by atomic mass is 32.2. The fourth-order valence-corrected chi connectivity index (χ4v) is 2.66. The molecule has 0 aliphatic heterocycles. The van der Waals surface area contributed by atoms with Crippen LogP contribution in [0.25, 0.3) is 10.9 Å². The van der Waals surface area contributed by atoms with Gasteiger partial charge in [0.1, 0.15) is 0 Å². The summed E-state index contributed by atoms with van der Waals surface area (Å²) in [4.78, 5) is 28.5. The SMILES string of the molecule is CC[C@@H](C)NC(=O)CSc1nc2ccccc2c(=O)n1C. The molecule has 2 aromatic rings. The van der Waals surface area contributed by atoms with Crippen molar-refractivity contribution < 1.29 is 4.79 Å². The van der Waals surface area contributed by atoms with Gasteiger partial charge in [0.25, 0.3) is 5.56 Å². The number of nitrogens with one attached hydrogen (secondary N) is 1. The van der Waals surface area contributed by atoms with Crippen molar-refractivity contribution in [1.82, 2.24) is 14.9 Å². The minimum absolute atomic E-state index is 0.0447. The van der Waals surface area contributed by atoms with E-state index in [0.29, 0.717) is 16.1 Å². The van der Waals surface area contributed by atoms with Gasteiger partial charge in [-0.3, -0.25) is 14.2 Å². The van der Waals surface area contributed by atoms with E-state index in [2.05, 4.69) is 10.3 Å². The van der Waals surface area contributed by atoms with Crippen molar-refractivity contribution in [3.63, 3.8) is 0 Å². The third-order valence-corrected chi connectivity index (χ3v) is 4.32. The van der Waals surface area contributed by atoms with E-state index in [4.69, 9.17) is 0 Å². The molecular formula is C15H19N3O2S. The first-order chi connectivity index (χ1) is 10.0. The van der Waals surface area contributed by atoms with E-state index in [1.807, 2.05) is 26.0 Å². The van der Waals surface area contributed by atoms with Gasteiger partial charge in [-0.25, -0.2) is 4.98 Å². The Balaban J connectivity index is 2.18. The van der Waals surface area contributed by atoms with Crippen LogP contribution >= 0.6 is 11.8 Å². The third-order valence-electron chi connectivity index (χ3n) is 3.29. The van der Waals surface area contributed by atoms with Crippen LogP contribution in [0.2, 0.25) is 0 Å². The number of carbonyl (C=O) groups is 1. The van der Waals surface area contributed by atoms with Crippen molar-refractivity contribution >= 4 is 28.6 Å². The van der Waals surface area contributed by atoms with Gasteiger partial charge in [0.2, 0.25) is 5.91 Å². The molecule has 5 nitrogen and oxygen atoms in total. The molecule has 1 N–H and O–H groups in total. The van der Waals surface area contributed by atoms with Crippen molar-refractivity contribution in [3.05, 3.63) is 34.6 Å². The van der Waals surface area contributed by atoms with Crippen LogP contribution in [0.4, 0.5) is 0 Å². The number of hydrogen-bond acceptors (Lipinski definition) is 4. The van der Waals surface area contributed by atoms with Crippen molar-refractivity contribution in [2.75, 3.05) is 5.75 Å². The van der Waals surface area contributed by atoms with Crippen LogP contribution in [-0.4, -0.2) is 27.3 Å². The summed E-state index contributed by atoms with van der Waals surface area (Å²) in [6.45, 7) is 3.99. The van der Waals surface area contributed by atoms with Crippen molar-refractivity contribution in [2.24, 2.45) is 7.05 Å². The molecule has 0 aliphatic rings. The van der Waals surface area contributed by atoms with Gasteiger partial charge >= 0.3 is 0 Å². The van der Waals surface area contributed by atoms with Crippen LogP contribution in [-0.2, 0) is 11.8 Å². The summed E-state index contributed by atoms with van der Waals surface area (Å²) in [6.07, 6.45) is 0.892. The van der Waals surface area contributed by atoms with Crippen LogP contribution < -0.4 is 10.9 Å². The molecule has 0 fully saturated rings. The van der Waals surface area contributed by atoms with Gasteiger partial charge in [-0.15, -0.1) is 0 Å². The van der Waals surface area contributed by atoms with Gasteiger partial charge in [0.15, 0.2) is 5.16 Å². The molecule has 1 atom stereocenters. The summed E-state index contributed by atoms with van der Waals surface area (Å²) in [5.41, 5.74) is 0.566. The molecule has 1 aromatic carbocycles. The molecule has 0 saturated carbocycles. The quantitative estimate of drug-likeness (QED) is 0.677. The highest BCUT2D eigenvalue weighted by Crippen LogP contribution is 2.16. The lowest BCUT2D eigenvalue weighted by molar-refractivity contribution is -0.119. The topological polar surface area (TPSA) is 64.0 Å². The maximum absolute atomic E-state index is 12.2. The first-order valence-corrected chi connectivity index (χ1v) is 7.89. The standard InChI is InChI=1S/C15H19N3O2S/c1-4-10(2)16-13(19)9-21-15-17-12-8-6-5-7-11(12)14(20)18(15)3/h5-8,10H,4,9H2,1-3H3,(H,16,19)/t10-/m1/s1. The van der Waals surface area contributed by atoms with Crippen molar-refractivity contribution in [3.8, 4) is 0 Å². The zero-order valence-electron chi connectivity index (χ0n) is 12.4. The number of rotatable bonds is 5. The summed E-state index contributed by atoms with van der Waals surface area (Å²) >= 11 is 1.28. The number of thioether (sulfide) groups is 1. The van der Waals surface area contributed by atoms with Crippen LogP contribution in [0.3, 0.4) is 0 Å². The van der Waals surface area contributed by atoms with Crippen molar-refractivity contribution in [1.29, 1.82) is 0 Å². The predicted octanol–water partition coefficient (Wildman–Crippen LogP) is 1.94. The van der Waals surface area contributed by atoms with Gasteiger partial charge in [-0.05, 0) is 25.5 Å². The minimum Gasteiger partial charge on any atom is -0.353 e. The second-order valence-electron chi connectivity index (χ2n) is 4.94. The van der Waals surface area contributed by atoms with E-state index in [1.54, 1.807) is 19.2 Å². The fourth-order valence-electron chi connectivity index (χ4n) is 1.88. The first-order valence-electron chi connectivity index (χ1n) is 6.90. The van der Waals surface area contributed by atoms with E-state index in [9.17, 15) is 9.59 Å². The molecule has 0 spiro atoms. The number of benzene rings is 1. The Morgan fingerprint density at radius 1 is 1.43 bits per heavy atom. The Bertz CT molecular complexity index is 712. The summed E-state index contributed by atoms with van der Waals surface area (Å²) < 4.78 is 1.49. The maximum atomic E-state index is 12.2. The summed E-state index contributed by atoms with van der Waals surface area (Å²) in [5.74, 6) is 0.208. The zero-order valence-corrected chi connectivity index (χ0v) is 13.2. The molecule has 0 saturated heterocycles. The highest BCUT2D eigenvalue weighted by Gasteiger charge is 2.11. The van der Waals surface area contributed by atoms with Crippen LogP contribution in [0.15, 0.2) is 34.2 Å². The Morgan fingerprint density at radius 2 is 2.14 bits per heavy atom. The van der Waals surface area contributed by atoms with Gasteiger partial charge < -0.3 is 5.32 Å². The fraction of sp³-hybridized carbons (Fsp3) is 0.400. The molecule has 1 amide bonds. The van der Waals surface area contributed by atoms with E-state index >= 15 is 0 Å². The Kier molecular flexibility index (Phi) is 5.01. The summed E-state index contributed by atoms with van der Waals surface area (Å²) in [7, 11) is 1.68. The second kappa shape index (κ2) is 6.76. The van der Waals surface area contributed by atoms with Gasteiger partial charge in [-0.1, -0.05) is 30.8 Å². The molecular weight excluding hydrogens is 286 g/mol. The second-order valence-corrected chi connectivity index (χ2v) is 5.88. The smallest absolute Gasteiger partial charge is 0.261 e. The number of fused-ring (bicyclic) bond motifs is 1. The number of nitrogens with zero attached hydrogens (tertiary/aromatic N) is 2. The number of aromatic nitrogens is 2. The summed E-state index contributed by atoms with van der Waals surface area (Å²) in [5, 5.41) is 4.04. The molecule has 112 valence electrons. The molecule has 0 aliphatic carbocycles. The first kappa shape index (κ1) is 15.6. The minimum atomic E-state index is -0.0922. The average molecular weight is 305 g/mol. The molecule has 1 aromatic heterocycles. The van der Waals surface area contributed by atoms with E-state index < -0.39 is 0 Å². The Morgan fingerprint density at radius 3 is 2.86 bits per heavy atom. The lowest BCUT2D eigenvalue weighted by atomic mass is 10.2. The summed E-state index contributed by atoms with van der Waals surface area (Å²) in [6, 6.07) is 7.39. The largest absolute Gasteiger partial charge is 0.353 e.